The van der Waals surface area contributed by atoms with Gasteiger partial charge in [-0.2, -0.15) is 0 Å². The van der Waals surface area contributed by atoms with E-state index in [1.54, 1.807) is 15.9 Å². The zero-order chi connectivity index (χ0) is 18.2. The van der Waals surface area contributed by atoms with Gasteiger partial charge in [-0.25, -0.2) is 13.1 Å². The van der Waals surface area contributed by atoms with E-state index in [-0.39, 0.29) is 23.3 Å². The highest BCUT2D eigenvalue weighted by Gasteiger charge is 2.28. The highest BCUT2D eigenvalue weighted by molar-refractivity contribution is 9.10. The first-order valence-electron chi connectivity index (χ1n) is 8.17. The number of carbonyl (C=O) groups excluding carboxylic acids is 2. The third-order valence-corrected chi connectivity index (χ3v) is 6.93. The van der Waals surface area contributed by atoms with Crippen molar-refractivity contribution >= 4 is 43.5 Å². The number of carbonyl (C=O) groups is 2. The third-order valence-electron chi connectivity index (χ3n) is 4.57. The molecule has 0 unspecified atom stereocenters. The topological polar surface area (TPSA) is 86.8 Å². The third kappa shape index (κ3) is 3.73. The molecule has 3 rings (SSSR count). The van der Waals surface area contributed by atoms with Crippen molar-refractivity contribution in [1.29, 1.82) is 0 Å². The summed E-state index contributed by atoms with van der Waals surface area (Å²) < 4.78 is 28.1. The molecule has 1 N–H and O–H groups in total. The van der Waals surface area contributed by atoms with E-state index < -0.39 is 10.0 Å². The van der Waals surface area contributed by atoms with Crippen molar-refractivity contribution < 1.29 is 18.0 Å². The fraction of sp³-hybridized carbons (Fsp3) is 0.500. The van der Waals surface area contributed by atoms with Crippen LogP contribution in [0.1, 0.15) is 25.3 Å². The molecular formula is C16H20BrN3O4S. The minimum atomic E-state index is -3.87. The van der Waals surface area contributed by atoms with E-state index in [0.29, 0.717) is 36.2 Å². The Bertz CT molecular complexity index is 819. The maximum absolute atomic E-state index is 12.6. The van der Waals surface area contributed by atoms with Crippen molar-refractivity contribution in [2.75, 3.05) is 31.1 Å². The smallest absolute Gasteiger partial charge is 0.242 e. The van der Waals surface area contributed by atoms with Crippen LogP contribution in [0.4, 0.5) is 5.69 Å². The lowest BCUT2D eigenvalue weighted by Crippen LogP contribution is -2.38. The fourth-order valence-electron chi connectivity index (χ4n) is 3.23. The molecule has 2 aliphatic heterocycles. The summed E-state index contributed by atoms with van der Waals surface area (Å²) in [5.74, 6) is -0.342. The highest BCUT2D eigenvalue weighted by atomic mass is 79.9. The van der Waals surface area contributed by atoms with Crippen LogP contribution in [0.3, 0.4) is 0 Å². The number of amides is 2. The average molecular weight is 430 g/mol. The van der Waals surface area contributed by atoms with Gasteiger partial charge in [0.05, 0.1) is 11.4 Å². The molecule has 9 heteroatoms. The molecule has 0 spiro atoms. The first kappa shape index (κ1) is 18.3. The summed E-state index contributed by atoms with van der Waals surface area (Å²) in [4.78, 5) is 27.1. The molecule has 1 saturated heterocycles. The molecule has 25 heavy (non-hydrogen) atoms. The molecule has 0 radical (unpaired) electrons. The molecule has 0 saturated carbocycles. The van der Waals surface area contributed by atoms with E-state index >= 15 is 0 Å². The van der Waals surface area contributed by atoms with E-state index in [1.165, 1.54) is 13.0 Å². The lowest BCUT2D eigenvalue weighted by Gasteiger charge is -2.18. The van der Waals surface area contributed by atoms with E-state index in [1.807, 2.05) is 0 Å². The lowest BCUT2D eigenvalue weighted by atomic mass is 10.2. The van der Waals surface area contributed by atoms with Crippen molar-refractivity contribution in [3.05, 3.63) is 22.2 Å². The molecule has 0 bridgehead atoms. The Labute approximate surface area is 155 Å². The predicted octanol–water partition coefficient (Wildman–Crippen LogP) is 1.26. The summed E-state index contributed by atoms with van der Waals surface area (Å²) in [5, 5.41) is 0. The van der Waals surface area contributed by atoms with Gasteiger partial charge in [-0.1, -0.05) is 0 Å². The molecule has 136 valence electrons. The largest absolute Gasteiger partial charge is 0.342 e. The summed E-state index contributed by atoms with van der Waals surface area (Å²) in [7, 11) is -3.87. The monoisotopic (exact) mass is 429 g/mol. The Hall–Kier alpha value is -1.45. The Morgan fingerprint density at radius 1 is 1.20 bits per heavy atom. The van der Waals surface area contributed by atoms with Crippen LogP contribution in [0.5, 0.6) is 0 Å². The summed E-state index contributed by atoms with van der Waals surface area (Å²) in [6.45, 7) is 3.09. The zero-order valence-corrected chi connectivity index (χ0v) is 16.3. The number of sulfonamides is 1. The summed E-state index contributed by atoms with van der Waals surface area (Å²) in [6, 6.07) is 3.23. The summed E-state index contributed by atoms with van der Waals surface area (Å²) in [6.07, 6.45) is 2.60. The maximum Gasteiger partial charge on any atom is 0.242 e. The quantitative estimate of drug-likeness (QED) is 0.780. The Balaban J connectivity index is 1.81. The fourth-order valence-corrected chi connectivity index (χ4v) is 5.32. The van der Waals surface area contributed by atoms with Crippen LogP contribution in [0, 0.1) is 0 Å². The molecule has 0 atom stereocenters. The van der Waals surface area contributed by atoms with Crippen molar-refractivity contribution in [3.8, 4) is 0 Å². The molecule has 2 amide bonds. The molecule has 0 aliphatic carbocycles. The first-order chi connectivity index (χ1) is 11.8. The molecule has 2 heterocycles. The van der Waals surface area contributed by atoms with Crippen molar-refractivity contribution in [2.45, 2.75) is 31.1 Å². The van der Waals surface area contributed by atoms with Gasteiger partial charge >= 0.3 is 0 Å². The van der Waals surface area contributed by atoms with E-state index in [9.17, 15) is 18.0 Å². The van der Waals surface area contributed by atoms with Gasteiger partial charge in [-0.05, 0) is 52.9 Å². The average Bonchev–Trinajstić information content (AvgIpc) is 3.20. The predicted molar refractivity (Wildman–Crippen MR) is 96.9 cm³/mol. The number of fused-ring (bicyclic) bond motifs is 1. The van der Waals surface area contributed by atoms with E-state index in [2.05, 4.69) is 20.7 Å². The molecular weight excluding hydrogens is 410 g/mol. The van der Waals surface area contributed by atoms with Crippen LogP contribution in [0.15, 0.2) is 21.5 Å². The van der Waals surface area contributed by atoms with Gasteiger partial charge in [0.15, 0.2) is 0 Å². The van der Waals surface area contributed by atoms with Crippen LogP contribution in [-0.2, 0) is 26.0 Å². The van der Waals surface area contributed by atoms with Crippen molar-refractivity contribution in [2.24, 2.45) is 0 Å². The van der Waals surface area contributed by atoms with Gasteiger partial charge in [0, 0.05) is 36.7 Å². The first-order valence-corrected chi connectivity index (χ1v) is 10.4. The van der Waals surface area contributed by atoms with Gasteiger partial charge in [0.2, 0.25) is 21.8 Å². The van der Waals surface area contributed by atoms with Gasteiger partial charge in [0.1, 0.15) is 0 Å². The van der Waals surface area contributed by atoms with Crippen LogP contribution in [-0.4, -0.2) is 51.3 Å². The number of hydrogen-bond donors (Lipinski definition) is 1. The van der Waals surface area contributed by atoms with Crippen LogP contribution >= 0.6 is 15.9 Å². The highest BCUT2D eigenvalue weighted by Crippen LogP contribution is 2.35. The number of likely N-dealkylation sites (tertiary alicyclic amines) is 1. The van der Waals surface area contributed by atoms with E-state index in [0.717, 1.165) is 18.4 Å². The van der Waals surface area contributed by atoms with Crippen LogP contribution in [0.25, 0.3) is 0 Å². The Kier molecular flexibility index (Phi) is 5.17. The van der Waals surface area contributed by atoms with Crippen LogP contribution < -0.4 is 9.62 Å². The standard InChI is InChI=1S/C16H20BrN3O4S/c1-11(21)20-7-4-12-8-13(17)15(9-14(12)20)25(23,24)18-10-16(22)19-5-2-3-6-19/h8-9,18H,2-7,10H2,1H3. The van der Waals surface area contributed by atoms with Crippen LogP contribution in [0.2, 0.25) is 0 Å². The second kappa shape index (κ2) is 7.05. The minimum absolute atomic E-state index is 0.0358. The second-order valence-electron chi connectivity index (χ2n) is 6.24. The number of halogens is 1. The number of rotatable bonds is 4. The normalized spacial score (nSPS) is 17.0. The lowest BCUT2D eigenvalue weighted by molar-refractivity contribution is -0.128. The minimum Gasteiger partial charge on any atom is -0.342 e. The molecule has 1 aromatic rings. The van der Waals surface area contributed by atoms with E-state index in [4.69, 9.17) is 0 Å². The Morgan fingerprint density at radius 3 is 2.52 bits per heavy atom. The van der Waals surface area contributed by atoms with Crippen molar-refractivity contribution in [3.63, 3.8) is 0 Å². The zero-order valence-electron chi connectivity index (χ0n) is 13.9. The van der Waals surface area contributed by atoms with Gasteiger partial charge in [-0.15, -0.1) is 0 Å². The SMILES string of the molecule is CC(=O)N1CCc2cc(Br)c(S(=O)(=O)NCC(=O)N3CCCC3)cc21. The number of nitrogens with one attached hydrogen (secondary N) is 1. The number of hydrogen-bond acceptors (Lipinski definition) is 4. The molecule has 7 nitrogen and oxygen atoms in total. The maximum atomic E-state index is 12.6. The number of benzene rings is 1. The molecule has 1 aromatic carbocycles. The van der Waals surface area contributed by atoms with Crippen molar-refractivity contribution in [1.82, 2.24) is 9.62 Å². The van der Waals surface area contributed by atoms with Gasteiger partial charge < -0.3 is 9.80 Å². The molecule has 2 aliphatic rings. The number of nitrogens with zero attached hydrogens (tertiary/aromatic N) is 2. The van der Waals surface area contributed by atoms with Gasteiger partial charge in [-0.3, -0.25) is 9.59 Å². The summed E-state index contributed by atoms with van der Waals surface area (Å²) in [5.41, 5.74) is 1.54. The second-order valence-corrected chi connectivity index (χ2v) is 8.83. The molecule has 0 aromatic heterocycles. The number of anilines is 1. The molecule has 1 fully saturated rings. The summed E-state index contributed by atoms with van der Waals surface area (Å²) >= 11 is 3.30. The Morgan fingerprint density at radius 2 is 1.88 bits per heavy atom. The van der Waals surface area contributed by atoms with Gasteiger partial charge in [0.25, 0.3) is 0 Å².